The van der Waals surface area contributed by atoms with Gasteiger partial charge < -0.3 is 0 Å². The number of amides is 2. The molecule has 0 aromatic heterocycles. The number of urea groups is 1. The minimum Gasteiger partial charge on any atom is -0.290 e. The SMILES string of the molecule is CN1C(=O)NC(c2ccccc2)=NS1(=O)=O. The summed E-state index contributed by atoms with van der Waals surface area (Å²) < 4.78 is 27.0. The molecule has 1 heterocycles. The zero-order valence-corrected chi connectivity index (χ0v) is 9.23. The molecule has 6 nitrogen and oxygen atoms in total. The van der Waals surface area contributed by atoms with E-state index in [0.29, 0.717) is 9.87 Å². The van der Waals surface area contributed by atoms with Gasteiger partial charge in [0.15, 0.2) is 5.84 Å². The van der Waals surface area contributed by atoms with Crippen molar-refractivity contribution in [2.75, 3.05) is 7.05 Å². The van der Waals surface area contributed by atoms with Crippen molar-refractivity contribution in [3.05, 3.63) is 35.9 Å². The predicted octanol–water partition coefficient (Wildman–Crippen LogP) is 0.333. The lowest BCUT2D eigenvalue weighted by Gasteiger charge is -2.21. The van der Waals surface area contributed by atoms with Crippen LogP contribution in [-0.2, 0) is 10.2 Å². The topological polar surface area (TPSA) is 78.8 Å². The molecule has 1 aliphatic heterocycles. The predicted molar refractivity (Wildman–Crippen MR) is 58.2 cm³/mol. The Morgan fingerprint density at radius 1 is 1.25 bits per heavy atom. The van der Waals surface area contributed by atoms with Crippen LogP contribution in [0.25, 0.3) is 0 Å². The van der Waals surface area contributed by atoms with Crippen LogP contribution in [0.2, 0.25) is 0 Å². The Labute approximate surface area is 92.8 Å². The fraction of sp³-hybridized carbons (Fsp3) is 0.111. The summed E-state index contributed by atoms with van der Waals surface area (Å²) in [4.78, 5) is 11.3. The monoisotopic (exact) mass is 239 g/mol. The zero-order valence-electron chi connectivity index (χ0n) is 8.41. The molecule has 1 N–H and O–H groups in total. The van der Waals surface area contributed by atoms with Crippen LogP contribution < -0.4 is 5.32 Å². The van der Waals surface area contributed by atoms with E-state index in [1.165, 1.54) is 0 Å². The highest BCUT2D eigenvalue weighted by Crippen LogP contribution is 2.10. The summed E-state index contributed by atoms with van der Waals surface area (Å²) in [5.74, 6) is 0.0451. The molecule has 0 fully saturated rings. The summed E-state index contributed by atoms with van der Waals surface area (Å²) in [6, 6.07) is 7.87. The molecular weight excluding hydrogens is 230 g/mol. The Balaban J connectivity index is 2.50. The first-order valence-electron chi connectivity index (χ1n) is 4.46. The Morgan fingerprint density at radius 2 is 1.88 bits per heavy atom. The standard InChI is InChI=1S/C9H9N3O3S/c1-12-9(13)10-8(11-16(12,14)15)7-5-3-2-4-6-7/h2-6H,1H3,(H,10,11,13). The van der Waals surface area contributed by atoms with Gasteiger partial charge in [-0.2, -0.15) is 8.42 Å². The minimum absolute atomic E-state index is 0.0451. The van der Waals surface area contributed by atoms with Crippen molar-refractivity contribution in [2.24, 2.45) is 4.40 Å². The maximum absolute atomic E-state index is 11.5. The van der Waals surface area contributed by atoms with E-state index >= 15 is 0 Å². The lowest BCUT2D eigenvalue weighted by atomic mass is 10.2. The summed E-state index contributed by atoms with van der Waals surface area (Å²) in [7, 11) is -2.75. The van der Waals surface area contributed by atoms with Crippen molar-refractivity contribution in [3.8, 4) is 0 Å². The van der Waals surface area contributed by atoms with Gasteiger partial charge in [0.1, 0.15) is 0 Å². The van der Waals surface area contributed by atoms with E-state index in [4.69, 9.17) is 0 Å². The van der Waals surface area contributed by atoms with Crippen LogP contribution in [0.15, 0.2) is 34.7 Å². The number of nitrogens with one attached hydrogen (secondary N) is 1. The van der Waals surface area contributed by atoms with Crippen LogP contribution in [-0.4, -0.2) is 31.6 Å². The van der Waals surface area contributed by atoms with Gasteiger partial charge in [0, 0.05) is 12.6 Å². The number of carbonyl (C=O) groups excluding carboxylic acids is 1. The van der Waals surface area contributed by atoms with Crippen molar-refractivity contribution in [3.63, 3.8) is 0 Å². The lowest BCUT2D eigenvalue weighted by molar-refractivity contribution is 0.232. The summed E-state index contributed by atoms with van der Waals surface area (Å²) in [6.07, 6.45) is 0. The maximum Gasteiger partial charge on any atom is 0.350 e. The number of nitrogens with zero attached hydrogens (tertiary/aromatic N) is 2. The molecule has 0 unspecified atom stereocenters. The van der Waals surface area contributed by atoms with Gasteiger partial charge in [0.05, 0.1) is 0 Å². The first kappa shape index (κ1) is 10.6. The molecule has 1 aliphatic rings. The van der Waals surface area contributed by atoms with E-state index in [1.807, 2.05) is 0 Å². The molecule has 0 bridgehead atoms. The molecular formula is C9H9N3O3S. The minimum atomic E-state index is -3.90. The maximum atomic E-state index is 11.5. The molecule has 0 radical (unpaired) electrons. The zero-order chi connectivity index (χ0) is 11.8. The highest BCUT2D eigenvalue weighted by molar-refractivity contribution is 7.88. The number of benzene rings is 1. The molecule has 0 saturated heterocycles. The molecule has 0 saturated carbocycles. The lowest BCUT2D eigenvalue weighted by Crippen LogP contribution is -2.48. The third-order valence-corrected chi connectivity index (χ3v) is 3.38. The van der Waals surface area contributed by atoms with Crippen LogP contribution in [0.1, 0.15) is 5.56 Å². The van der Waals surface area contributed by atoms with E-state index in [0.717, 1.165) is 7.05 Å². The third kappa shape index (κ3) is 1.76. The Bertz CT molecular complexity index is 551. The highest BCUT2D eigenvalue weighted by Gasteiger charge is 2.29. The number of carbonyl (C=O) groups is 1. The normalized spacial score (nSPS) is 18.9. The van der Waals surface area contributed by atoms with Crippen LogP contribution in [0, 0.1) is 0 Å². The largest absolute Gasteiger partial charge is 0.350 e. The molecule has 0 atom stereocenters. The van der Waals surface area contributed by atoms with Gasteiger partial charge in [-0.1, -0.05) is 30.3 Å². The molecule has 2 rings (SSSR count). The van der Waals surface area contributed by atoms with Gasteiger partial charge in [-0.15, -0.1) is 4.40 Å². The van der Waals surface area contributed by atoms with Crippen molar-refractivity contribution >= 4 is 22.1 Å². The third-order valence-electron chi connectivity index (χ3n) is 2.11. The summed E-state index contributed by atoms with van der Waals surface area (Å²) in [5.41, 5.74) is 0.549. The van der Waals surface area contributed by atoms with E-state index in [9.17, 15) is 13.2 Å². The number of rotatable bonds is 1. The molecule has 1 aromatic rings. The quantitative estimate of drug-likeness (QED) is 0.767. The van der Waals surface area contributed by atoms with E-state index in [-0.39, 0.29) is 5.84 Å². The van der Waals surface area contributed by atoms with Crippen molar-refractivity contribution in [1.29, 1.82) is 0 Å². The summed E-state index contributed by atoms with van der Waals surface area (Å²) >= 11 is 0. The fourth-order valence-corrected chi connectivity index (χ4v) is 1.96. The average Bonchev–Trinajstić information content (AvgIpc) is 2.26. The molecule has 0 spiro atoms. The molecule has 7 heteroatoms. The van der Waals surface area contributed by atoms with Gasteiger partial charge >= 0.3 is 16.2 Å². The molecule has 16 heavy (non-hydrogen) atoms. The van der Waals surface area contributed by atoms with Crippen LogP contribution in [0.4, 0.5) is 4.79 Å². The molecule has 84 valence electrons. The number of hydrogen-bond donors (Lipinski definition) is 1. The van der Waals surface area contributed by atoms with Crippen LogP contribution in [0.3, 0.4) is 0 Å². The fourth-order valence-electron chi connectivity index (χ4n) is 1.21. The molecule has 1 aromatic carbocycles. The highest BCUT2D eigenvalue weighted by atomic mass is 32.2. The molecule has 2 amide bonds. The van der Waals surface area contributed by atoms with Gasteiger partial charge in [-0.25, -0.2) is 9.10 Å². The van der Waals surface area contributed by atoms with Gasteiger partial charge in [0.2, 0.25) is 0 Å². The average molecular weight is 239 g/mol. The molecule has 0 aliphatic carbocycles. The van der Waals surface area contributed by atoms with Crippen LogP contribution in [0.5, 0.6) is 0 Å². The van der Waals surface area contributed by atoms with Crippen LogP contribution >= 0.6 is 0 Å². The Kier molecular flexibility index (Phi) is 2.39. The van der Waals surface area contributed by atoms with Gasteiger partial charge in [0.25, 0.3) is 0 Å². The van der Waals surface area contributed by atoms with E-state index in [1.54, 1.807) is 30.3 Å². The van der Waals surface area contributed by atoms with E-state index in [2.05, 4.69) is 9.71 Å². The van der Waals surface area contributed by atoms with Gasteiger partial charge in [-0.05, 0) is 0 Å². The summed E-state index contributed by atoms with van der Waals surface area (Å²) in [6.45, 7) is 0. The summed E-state index contributed by atoms with van der Waals surface area (Å²) in [5, 5.41) is 2.40. The van der Waals surface area contributed by atoms with Crippen molar-refractivity contribution in [2.45, 2.75) is 0 Å². The Morgan fingerprint density at radius 3 is 2.44 bits per heavy atom. The number of amidine groups is 1. The Hall–Kier alpha value is -1.89. The second-order valence-electron chi connectivity index (χ2n) is 3.18. The second kappa shape index (κ2) is 3.60. The first-order valence-corrected chi connectivity index (χ1v) is 5.85. The smallest absolute Gasteiger partial charge is 0.290 e. The second-order valence-corrected chi connectivity index (χ2v) is 4.81. The number of hydrogen-bond acceptors (Lipinski definition) is 3. The van der Waals surface area contributed by atoms with Gasteiger partial charge in [-0.3, -0.25) is 5.32 Å². The van der Waals surface area contributed by atoms with Crippen molar-refractivity contribution in [1.82, 2.24) is 9.62 Å². The first-order chi connectivity index (χ1) is 7.50. The van der Waals surface area contributed by atoms with Crippen molar-refractivity contribution < 1.29 is 13.2 Å². The van der Waals surface area contributed by atoms with E-state index < -0.39 is 16.2 Å².